The largest absolute Gasteiger partial charge is 0.454 e. The Morgan fingerprint density at radius 3 is 2.64 bits per heavy atom. The molecule has 0 N–H and O–H groups in total. The maximum Gasteiger partial charge on any atom is 0.276 e. The monoisotopic (exact) mass is 452 g/mol. The van der Waals surface area contributed by atoms with Crippen molar-refractivity contribution in [3.63, 3.8) is 0 Å². The number of nitrogens with zero attached hydrogens (tertiary/aromatic N) is 6. The van der Waals surface area contributed by atoms with Crippen LogP contribution < -0.4 is 14.4 Å². The highest BCUT2D eigenvalue weighted by molar-refractivity contribution is 6.07. The molecule has 5 heterocycles. The van der Waals surface area contributed by atoms with E-state index >= 15 is 0 Å². The van der Waals surface area contributed by atoms with Crippen molar-refractivity contribution in [2.75, 3.05) is 64.2 Å². The Kier molecular flexibility index (Phi) is 5.19. The molecule has 0 aliphatic carbocycles. The highest BCUT2D eigenvalue weighted by atomic mass is 16.7. The zero-order valence-corrected chi connectivity index (χ0v) is 18.1. The second kappa shape index (κ2) is 8.49. The minimum atomic E-state index is -0.152. The van der Waals surface area contributed by atoms with Gasteiger partial charge in [0, 0.05) is 45.8 Å². The number of hydrogen-bond donors (Lipinski definition) is 0. The summed E-state index contributed by atoms with van der Waals surface area (Å²) in [7, 11) is 0. The van der Waals surface area contributed by atoms with Crippen LogP contribution in [0.1, 0.15) is 16.1 Å². The number of amides is 1. The first-order valence-electron chi connectivity index (χ1n) is 11.1. The van der Waals surface area contributed by atoms with Crippen molar-refractivity contribution < 1.29 is 23.5 Å². The molecule has 0 spiro atoms. The minimum Gasteiger partial charge on any atom is -0.454 e. The average Bonchev–Trinajstić information content (AvgIpc) is 3.51. The first kappa shape index (κ1) is 20.2. The molecule has 0 radical (unpaired) electrons. The van der Waals surface area contributed by atoms with E-state index in [0.717, 1.165) is 36.7 Å². The number of ether oxygens (including phenoxy) is 3. The van der Waals surface area contributed by atoms with Crippen LogP contribution in [0.3, 0.4) is 0 Å². The number of rotatable bonds is 4. The van der Waals surface area contributed by atoms with Crippen LogP contribution in [-0.4, -0.2) is 90.1 Å². The lowest BCUT2D eigenvalue weighted by atomic mass is 10.1. The molecule has 11 nitrogen and oxygen atoms in total. The normalized spacial score (nSPS) is 18.8. The molecule has 0 atom stereocenters. The van der Waals surface area contributed by atoms with Crippen LogP contribution in [-0.2, 0) is 11.3 Å². The van der Waals surface area contributed by atoms with Gasteiger partial charge in [-0.25, -0.2) is 4.98 Å². The minimum absolute atomic E-state index is 0.152. The zero-order valence-electron chi connectivity index (χ0n) is 18.1. The van der Waals surface area contributed by atoms with Gasteiger partial charge in [0.1, 0.15) is 17.5 Å². The van der Waals surface area contributed by atoms with E-state index in [0.29, 0.717) is 56.3 Å². The topological polar surface area (TPSA) is 106 Å². The quantitative estimate of drug-likeness (QED) is 0.572. The Labute approximate surface area is 189 Å². The van der Waals surface area contributed by atoms with Crippen LogP contribution in [0, 0.1) is 0 Å². The van der Waals surface area contributed by atoms with Crippen LogP contribution >= 0.6 is 0 Å². The fourth-order valence-electron chi connectivity index (χ4n) is 4.49. The van der Waals surface area contributed by atoms with Gasteiger partial charge in [0.2, 0.25) is 6.79 Å². The van der Waals surface area contributed by atoms with Gasteiger partial charge in [-0.05, 0) is 17.7 Å². The molecule has 3 aliphatic rings. The molecule has 172 valence electrons. The molecule has 0 bridgehead atoms. The Hall–Kier alpha value is -3.44. The number of fused-ring (bicyclic) bond motifs is 2. The summed E-state index contributed by atoms with van der Waals surface area (Å²) in [4.78, 5) is 28.2. The fourth-order valence-corrected chi connectivity index (χ4v) is 4.49. The zero-order chi connectivity index (χ0) is 22.2. The molecule has 1 aromatic carbocycles. The van der Waals surface area contributed by atoms with Crippen LogP contribution in [0.2, 0.25) is 0 Å². The highest BCUT2D eigenvalue weighted by Crippen LogP contribution is 2.33. The number of benzene rings is 1. The van der Waals surface area contributed by atoms with Gasteiger partial charge < -0.3 is 28.5 Å². The van der Waals surface area contributed by atoms with Crippen molar-refractivity contribution in [2.24, 2.45) is 0 Å². The SMILES string of the molecule is O=C(c1noc2ncnc(N3CCOCC3)c12)N1CCN(Cc2ccc3c(c2)OCO3)CC1. The van der Waals surface area contributed by atoms with E-state index < -0.39 is 0 Å². The van der Waals surface area contributed by atoms with Gasteiger partial charge in [0.05, 0.1) is 13.2 Å². The molecule has 2 saturated heterocycles. The second-order valence-electron chi connectivity index (χ2n) is 8.26. The molecule has 1 amide bonds. The summed E-state index contributed by atoms with van der Waals surface area (Å²) in [5, 5.41) is 4.66. The van der Waals surface area contributed by atoms with E-state index in [9.17, 15) is 4.79 Å². The van der Waals surface area contributed by atoms with Crippen molar-refractivity contribution in [3.05, 3.63) is 35.8 Å². The third kappa shape index (κ3) is 3.83. The van der Waals surface area contributed by atoms with E-state index in [4.69, 9.17) is 18.7 Å². The fraction of sp³-hybridized carbons (Fsp3) is 0.455. The number of carbonyl (C=O) groups is 1. The van der Waals surface area contributed by atoms with E-state index in [-0.39, 0.29) is 18.4 Å². The summed E-state index contributed by atoms with van der Waals surface area (Å²) in [5.74, 6) is 2.10. The summed E-state index contributed by atoms with van der Waals surface area (Å²) in [6.07, 6.45) is 1.45. The number of aromatic nitrogens is 3. The van der Waals surface area contributed by atoms with Crippen molar-refractivity contribution in [3.8, 4) is 11.5 Å². The molecule has 2 fully saturated rings. The van der Waals surface area contributed by atoms with Gasteiger partial charge in [0.25, 0.3) is 11.6 Å². The van der Waals surface area contributed by atoms with Gasteiger partial charge in [-0.1, -0.05) is 11.2 Å². The van der Waals surface area contributed by atoms with Gasteiger partial charge in [-0.3, -0.25) is 9.69 Å². The molecule has 2 aromatic heterocycles. The maximum atomic E-state index is 13.4. The third-order valence-electron chi connectivity index (χ3n) is 6.27. The van der Waals surface area contributed by atoms with E-state index in [1.54, 1.807) is 0 Å². The summed E-state index contributed by atoms with van der Waals surface area (Å²) < 4.78 is 21.7. The summed E-state index contributed by atoms with van der Waals surface area (Å²) >= 11 is 0. The lowest BCUT2D eigenvalue weighted by Gasteiger charge is -2.34. The van der Waals surface area contributed by atoms with Crippen LogP contribution in [0.4, 0.5) is 5.82 Å². The second-order valence-corrected chi connectivity index (χ2v) is 8.26. The predicted octanol–water partition coefficient (Wildman–Crippen LogP) is 1.14. The summed E-state index contributed by atoms with van der Waals surface area (Å²) in [6.45, 7) is 6.45. The standard InChI is InChI=1S/C22H24N6O5/c29-22(19-18-20(27-7-9-30-10-8-27)23-13-24-21(18)33-25-19)28-5-3-26(4-6-28)12-15-1-2-16-17(11-15)32-14-31-16/h1-2,11,13H,3-10,12,14H2. The lowest BCUT2D eigenvalue weighted by molar-refractivity contribution is 0.0620. The van der Waals surface area contributed by atoms with E-state index in [2.05, 4.69) is 31.0 Å². The van der Waals surface area contributed by atoms with Crippen LogP contribution in [0.5, 0.6) is 11.5 Å². The van der Waals surface area contributed by atoms with E-state index in [1.165, 1.54) is 6.33 Å². The van der Waals surface area contributed by atoms with Crippen LogP contribution in [0.25, 0.3) is 11.1 Å². The van der Waals surface area contributed by atoms with Gasteiger partial charge in [-0.2, -0.15) is 4.98 Å². The Morgan fingerprint density at radius 1 is 0.970 bits per heavy atom. The molecule has 3 aliphatic heterocycles. The molecular weight excluding hydrogens is 428 g/mol. The van der Waals surface area contributed by atoms with E-state index in [1.807, 2.05) is 17.0 Å². The first-order valence-corrected chi connectivity index (χ1v) is 11.1. The lowest BCUT2D eigenvalue weighted by Crippen LogP contribution is -2.48. The smallest absolute Gasteiger partial charge is 0.276 e. The van der Waals surface area contributed by atoms with Gasteiger partial charge in [-0.15, -0.1) is 0 Å². The highest BCUT2D eigenvalue weighted by Gasteiger charge is 2.30. The molecule has 3 aromatic rings. The Balaban J connectivity index is 1.15. The van der Waals surface area contributed by atoms with Gasteiger partial charge in [0.15, 0.2) is 17.2 Å². The number of hydrogen-bond acceptors (Lipinski definition) is 10. The van der Waals surface area contributed by atoms with Gasteiger partial charge >= 0.3 is 0 Å². The molecule has 6 rings (SSSR count). The van der Waals surface area contributed by atoms with Crippen molar-refractivity contribution in [1.29, 1.82) is 0 Å². The third-order valence-corrected chi connectivity index (χ3v) is 6.27. The number of carbonyl (C=O) groups excluding carboxylic acids is 1. The molecular formula is C22H24N6O5. The van der Waals surface area contributed by atoms with Crippen LogP contribution in [0.15, 0.2) is 29.0 Å². The average molecular weight is 452 g/mol. The maximum absolute atomic E-state index is 13.4. The molecule has 0 saturated carbocycles. The Morgan fingerprint density at radius 2 is 1.79 bits per heavy atom. The Bertz CT molecular complexity index is 1170. The molecule has 33 heavy (non-hydrogen) atoms. The summed E-state index contributed by atoms with van der Waals surface area (Å²) in [6, 6.07) is 6.02. The number of anilines is 1. The van der Waals surface area contributed by atoms with Crippen molar-refractivity contribution in [1.82, 2.24) is 24.9 Å². The molecule has 11 heteroatoms. The first-order chi connectivity index (χ1) is 16.3. The summed E-state index contributed by atoms with van der Waals surface area (Å²) in [5.41, 5.74) is 1.77. The van der Waals surface area contributed by atoms with Crippen molar-refractivity contribution >= 4 is 22.8 Å². The molecule has 0 unspecified atom stereocenters. The number of piperazine rings is 1. The number of morpholine rings is 1. The van der Waals surface area contributed by atoms with Crippen molar-refractivity contribution in [2.45, 2.75) is 6.54 Å². The predicted molar refractivity (Wildman–Crippen MR) is 116 cm³/mol.